The van der Waals surface area contributed by atoms with E-state index >= 15 is 0 Å². The number of nitrogens with one attached hydrogen (secondary N) is 1. The molecule has 0 aliphatic heterocycles. The molecule has 1 N–H and O–H groups in total. The summed E-state index contributed by atoms with van der Waals surface area (Å²) in [4.78, 5) is 15.5. The molecule has 5 nitrogen and oxygen atoms in total. The van der Waals surface area contributed by atoms with Crippen molar-refractivity contribution in [3.8, 4) is 0 Å². The summed E-state index contributed by atoms with van der Waals surface area (Å²) in [6, 6.07) is 4.68. The number of rotatable bonds is 5. The Morgan fingerprint density at radius 2 is 2.28 bits per heavy atom. The number of nitro benzene ring substituents is 1. The van der Waals surface area contributed by atoms with Gasteiger partial charge < -0.3 is 5.32 Å². The van der Waals surface area contributed by atoms with E-state index in [-0.39, 0.29) is 5.69 Å². The van der Waals surface area contributed by atoms with Gasteiger partial charge in [-0.3, -0.25) is 15.1 Å². The number of hydrogen-bond donors (Lipinski definition) is 1. The molecule has 0 amide bonds. The van der Waals surface area contributed by atoms with Crippen molar-refractivity contribution >= 4 is 28.6 Å². The highest BCUT2D eigenvalue weighted by Gasteiger charge is 2.13. The van der Waals surface area contributed by atoms with Crippen molar-refractivity contribution in [3.63, 3.8) is 0 Å². The van der Waals surface area contributed by atoms with Crippen LogP contribution in [0.25, 0.3) is 0 Å². The van der Waals surface area contributed by atoms with Crippen LogP contribution in [0.2, 0.25) is 5.02 Å². The van der Waals surface area contributed by atoms with Crippen LogP contribution in [0.15, 0.2) is 29.9 Å². The normalized spacial score (nSPS) is 10.5. The Morgan fingerprint density at radius 1 is 1.44 bits per heavy atom. The van der Waals surface area contributed by atoms with Crippen LogP contribution in [-0.4, -0.2) is 9.91 Å². The summed E-state index contributed by atoms with van der Waals surface area (Å²) < 4.78 is 0. The van der Waals surface area contributed by atoms with Crippen molar-refractivity contribution < 1.29 is 4.92 Å². The monoisotopic (exact) mass is 283 g/mol. The summed E-state index contributed by atoms with van der Waals surface area (Å²) >= 11 is 7.29. The van der Waals surface area contributed by atoms with E-state index in [9.17, 15) is 10.1 Å². The lowest BCUT2D eigenvalue weighted by Crippen LogP contribution is -2.13. The molecule has 1 aromatic heterocycles. The van der Waals surface area contributed by atoms with Crippen molar-refractivity contribution in [1.82, 2.24) is 10.3 Å². The molecule has 0 saturated carbocycles. The van der Waals surface area contributed by atoms with Gasteiger partial charge in [0.25, 0.3) is 5.69 Å². The lowest BCUT2D eigenvalue weighted by atomic mass is 10.2. The number of thiazole rings is 1. The third-order valence-corrected chi connectivity index (χ3v) is 3.36. The van der Waals surface area contributed by atoms with Crippen molar-refractivity contribution in [2.45, 2.75) is 13.1 Å². The standard InChI is InChI=1S/C11H10ClN3O2S/c12-9-2-1-8(11(3-9)15(16)17)4-13-5-10-6-14-7-18-10/h1-3,6-7,13H,4-5H2. The highest BCUT2D eigenvalue weighted by Crippen LogP contribution is 2.23. The molecule has 0 radical (unpaired) electrons. The van der Waals surface area contributed by atoms with E-state index in [1.165, 1.54) is 6.07 Å². The maximum absolute atomic E-state index is 10.9. The molecule has 94 valence electrons. The largest absolute Gasteiger partial charge is 0.307 e. The van der Waals surface area contributed by atoms with Crippen LogP contribution >= 0.6 is 22.9 Å². The Morgan fingerprint density at radius 3 is 2.94 bits per heavy atom. The third kappa shape index (κ3) is 3.25. The fourth-order valence-electron chi connectivity index (χ4n) is 1.51. The van der Waals surface area contributed by atoms with Gasteiger partial charge in [-0.1, -0.05) is 11.6 Å². The topological polar surface area (TPSA) is 68.1 Å². The van der Waals surface area contributed by atoms with Crippen LogP contribution in [0.4, 0.5) is 5.69 Å². The molecule has 18 heavy (non-hydrogen) atoms. The van der Waals surface area contributed by atoms with E-state index in [0.717, 1.165) is 4.88 Å². The molecule has 1 aromatic carbocycles. The van der Waals surface area contributed by atoms with Gasteiger partial charge in [0.2, 0.25) is 0 Å². The first-order chi connectivity index (χ1) is 8.66. The predicted molar refractivity (Wildman–Crippen MR) is 70.8 cm³/mol. The fourth-order valence-corrected chi connectivity index (χ4v) is 2.24. The Hall–Kier alpha value is -1.50. The van der Waals surface area contributed by atoms with Gasteiger partial charge in [0.05, 0.1) is 10.4 Å². The quantitative estimate of drug-likeness (QED) is 0.676. The fraction of sp³-hybridized carbons (Fsp3) is 0.182. The number of nitrogens with zero attached hydrogens (tertiary/aromatic N) is 2. The van der Waals surface area contributed by atoms with Crippen LogP contribution in [0.3, 0.4) is 0 Å². The second kappa shape index (κ2) is 5.90. The van der Waals surface area contributed by atoms with Gasteiger partial charge in [-0.25, -0.2) is 0 Å². The Bertz CT molecular complexity index is 545. The maximum Gasteiger partial charge on any atom is 0.275 e. The van der Waals surface area contributed by atoms with Gasteiger partial charge in [0, 0.05) is 40.8 Å². The first kappa shape index (κ1) is 12.9. The minimum atomic E-state index is -0.421. The SMILES string of the molecule is O=[N+]([O-])c1cc(Cl)ccc1CNCc1cncs1. The second-order valence-electron chi connectivity index (χ2n) is 3.60. The number of hydrogen-bond acceptors (Lipinski definition) is 5. The molecule has 0 spiro atoms. The highest BCUT2D eigenvalue weighted by molar-refractivity contribution is 7.09. The van der Waals surface area contributed by atoms with Gasteiger partial charge in [-0.2, -0.15) is 0 Å². The van der Waals surface area contributed by atoms with Crippen LogP contribution in [-0.2, 0) is 13.1 Å². The highest BCUT2D eigenvalue weighted by atomic mass is 35.5. The molecule has 0 unspecified atom stereocenters. The number of aromatic nitrogens is 1. The van der Waals surface area contributed by atoms with Crippen LogP contribution < -0.4 is 5.32 Å². The summed E-state index contributed by atoms with van der Waals surface area (Å²) in [5.41, 5.74) is 2.41. The molecule has 7 heteroatoms. The van der Waals surface area contributed by atoms with E-state index in [1.54, 1.807) is 35.2 Å². The smallest absolute Gasteiger partial charge is 0.275 e. The molecule has 0 bridgehead atoms. The predicted octanol–water partition coefficient (Wildman–Crippen LogP) is 2.99. The third-order valence-electron chi connectivity index (χ3n) is 2.34. The minimum Gasteiger partial charge on any atom is -0.307 e. The van der Waals surface area contributed by atoms with Gasteiger partial charge in [-0.15, -0.1) is 11.3 Å². The van der Waals surface area contributed by atoms with E-state index in [0.29, 0.717) is 23.7 Å². The van der Waals surface area contributed by atoms with Gasteiger partial charge in [0.1, 0.15) is 0 Å². The molecular weight excluding hydrogens is 274 g/mol. The zero-order valence-electron chi connectivity index (χ0n) is 9.30. The molecule has 0 aliphatic carbocycles. The van der Waals surface area contributed by atoms with Crippen molar-refractivity contribution in [1.29, 1.82) is 0 Å². The zero-order valence-corrected chi connectivity index (χ0v) is 10.9. The molecule has 0 aliphatic rings. The molecule has 0 saturated heterocycles. The number of halogens is 1. The average molecular weight is 284 g/mol. The molecule has 0 atom stereocenters. The van der Waals surface area contributed by atoms with Gasteiger partial charge >= 0.3 is 0 Å². The lowest BCUT2D eigenvalue weighted by molar-refractivity contribution is -0.385. The number of benzene rings is 1. The lowest BCUT2D eigenvalue weighted by Gasteiger charge is -2.04. The van der Waals surface area contributed by atoms with E-state index in [4.69, 9.17) is 11.6 Å². The Kier molecular flexibility index (Phi) is 4.24. The van der Waals surface area contributed by atoms with Crippen molar-refractivity contribution in [2.75, 3.05) is 0 Å². The minimum absolute atomic E-state index is 0.0410. The summed E-state index contributed by atoms with van der Waals surface area (Å²) in [5.74, 6) is 0. The summed E-state index contributed by atoms with van der Waals surface area (Å²) in [6.07, 6.45) is 1.77. The average Bonchev–Trinajstić information content (AvgIpc) is 2.84. The second-order valence-corrected chi connectivity index (χ2v) is 5.01. The summed E-state index contributed by atoms with van der Waals surface area (Å²) in [7, 11) is 0. The van der Waals surface area contributed by atoms with Gasteiger partial charge in [-0.05, 0) is 12.1 Å². The zero-order chi connectivity index (χ0) is 13.0. The van der Waals surface area contributed by atoms with Crippen LogP contribution in [0, 0.1) is 10.1 Å². The first-order valence-corrected chi connectivity index (χ1v) is 6.43. The summed E-state index contributed by atoms with van der Waals surface area (Å²) in [6.45, 7) is 1.07. The van der Waals surface area contributed by atoms with Crippen LogP contribution in [0.5, 0.6) is 0 Å². The van der Waals surface area contributed by atoms with Crippen LogP contribution in [0.1, 0.15) is 10.4 Å². The number of nitro groups is 1. The molecule has 2 rings (SSSR count). The Labute approximate surface area is 113 Å². The summed E-state index contributed by atoms with van der Waals surface area (Å²) in [5, 5.41) is 14.4. The van der Waals surface area contributed by atoms with E-state index in [1.807, 2.05) is 0 Å². The Balaban J connectivity index is 2.02. The van der Waals surface area contributed by atoms with Crippen molar-refractivity contribution in [3.05, 3.63) is 55.5 Å². The molecule has 0 fully saturated rings. The van der Waals surface area contributed by atoms with Crippen molar-refractivity contribution in [2.24, 2.45) is 0 Å². The van der Waals surface area contributed by atoms with Gasteiger partial charge in [0.15, 0.2) is 0 Å². The molecular formula is C11H10ClN3O2S. The first-order valence-electron chi connectivity index (χ1n) is 5.17. The molecule has 1 heterocycles. The molecule has 2 aromatic rings. The van der Waals surface area contributed by atoms with E-state index < -0.39 is 4.92 Å². The maximum atomic E-state index is 10.9. The van der Waals surface area contributed by atoms with E-state index in [2.05, 4.69) is 10.3 Å².